The Morgan fingerprint density at radius 1 is 1.32 bits per heavy atom. The minimum Gasteiger partial charge on any atom is -0.327 e. The van der Waals surface area contributed by atoms with E-state index in [2.05, 4.69) is 5.10 Å². The summed E-state index contributed by atoms with van der Waals surface area (Å²) in [5.74, 6) is 1.88. The molecule has 0 N–H and O–H groups in total. The second-order valence-electron chi connectivity index (χ2n) is 4.51. The van der Waals surface area contributed by atoms with Crippen molar-refractivity contribution in [2.45, 2.75) is 0 Å². The number of aryl methyl sites for hydroxylation is 1. The Balaban J connectivity index is 1.91. The lowest BCUT2D eigenvalue weighted by molar-refractivity contribution is 0.0792. The van der Waals surface area contributed by atoms with Gasteiger partial charge in [0, 0.05) is 24.9 Å². The third-order valence-corrected chi connectivity index (χ3v) is 4.17. The minimum atomic E-state index is 0.0715. The highest BCUT2D eigenvalue weighted by atomic mass is 32.2. The van der Waals surface area contributed by atoms with Crippen molar-refractivity contribution in [3.63, 3.8) is 0 Å². The molecule has 0 radical (unpaired) electrons. The molecular formula is C14H15N3OS. The highest BCUT2D eigenvalue weighted by Gasteiger charge is 2.23. The van der Waals surface area contributed by atoms with Gasteiger partial charge in [0.15, 0.2) is 0 Å². The van der Waals surface area contributed by atoms with Crippen molar-refractivity contribution in [3.05, 3.63) is 42.1 Å². The summed E-state index contributed by atoms with van der Waals surface area (Å²) in [5.41, 5.74) is 2.53. The van der Waals surface area contributed by atoms with Crippen molar-refractivity contribution in [2.24, 2.45) is 7.05 Å². The Kier molecular flexibility index (Phi) is 3.29. The van der Waals surface area contributed by atoms with Crippen LogP contribution in [0.15, 0.2) is 36.4 Å². The first-order valence-corrected chi connectivity index (χ1v) is 7.37. The molecule has 1 aromatic heterocycles. The summed E-state index contributed by atoms with van der Waals surface area (Å²) in [6.45, 7) is 0.829. The molecule has 0 aliphatic carbocycles. The van der Waals surface area contributed by atoms with Gasteiger partial charge in [0.1, 0.15) is 5.69 Å². The fraction of sp³-hybridized carbons (Fsp3) is 0.286. The molecule has 2 heterocycles. The van der Waals surface area contributed by atoms with Crippen LogP contribution in [0, 0.1) is 0 Å². The van der Waals surface area contributed by atoms with Crippen LogP contribution in [0.2, 0.25) is 0 Å². The molecule has 0 bridgehead atoms. The molecule has 1 saturated heterocycles. The van der Waals surface area contributed by atoms with Gasteiger partial charge in [0.05, 0.1) is 11.6 Å². The molecule has 5 heteroatoms. The maximum atomic E-state index is 12.4. The van der Waals surface area contributed by atoms with E-state index in [1.807, 2.05) is 48.3 Å². The number of carbonyl (C=O) groups excluding carboxylic acids is 1. The SMILES string of the molecule is Cn1nc(-c2ccccc2)cc1C(=O)N1CCSC1. The number of amides is 1. The molecule has 0 unspecified atom stereocenters. The lowest BCUT2D eigenvalue weighted by Crippen LogP contribution is -2.29. The van der Waals surface area contributed by atoms with Crippen LogP contribution in [0.1, 0.15) is 10.5 Å². The fourth-order valence-corrected chi connectivity index (χ4v) is 3.10. The zero-order valence-electron chi connectivity index (χ0n) is 10.7. The zero-order valence-corrected chi connectivity index (χ0v) is 11.6. The van der Waals surface area contributed by atoms with E-state index in [9.17, 15) is 4.79 Å². The molecule has 4 nitrogen and oxygen atoms in total. The van der Waals surface area contributed by atoms with E-state index in [0.717, 1.165) is 29.4 Å². The summed E-state index contributed by atoms with van der Waals surface area (Å²) >= 11 is 1.79. The average molecular weight is 273 g/mol. The van der Waals surface area contributed by atoms with Crippen LogP contribution in [0.5, 0.6) is 0 Å². The highest BCUT2D eigenvalue weighted by Crippen LogP contribution is 2.21. The molecule has 1 fully saturated rings. The molecule has 1 amide bonds. The third-order valence-electron chi connectivity index (χ3n) is 3.21. The first-order valence-electron chi connectivity index (χ1n) is 6.22. The first-order chi connectivity index (χ1) is 9.25. The Morgan fingerprint density at radius 2 is 2.11 bits per heavy atom. The van der Waals surface area contributed by atoms with Gasteiger partial charge in [-0.25, -0.2) is 0 Å². The Morgan fingerprint density at radius 3 is 2.79 bits per heavy atom. The standard InChI is InChI=1S/C14H15N3OS/c1-16-13(14(18)17-7-8-19-10-17)9-12(15-16)11-5-3-2-4-6-11/h2-6,9H,7-8,10H2,1H3. The molecule has 19 heavy (non-hydrogen) atoms. The van der Waals surface area contributed by atoms with Crippen LogP contribution in [-0.4, -0.2) is 38.8 Å². The molecule has 1 aliphatic heterocycles. The normalized spacial score (nSPS) is 14.9. The largest absolute Gasteiger partial charge is 0.327 e. The van der Waals surface area contributed by atoms with E-state index in [-0.39, 0.29) is 5.91 Å². The van der Waals surface area contributed by atoms with Crippen molar-refractivity contribution in [3.8, 4) is 11.3 Å². The van der Waals surface area contributed by atoms with E-state index < -0.39 is 0 Å². The van der Waals surface area contributed by atoms with E-state index in [0.29, 0.717) is 5.69 Å². The van der Waals surface area contributed by atoms with E-state index >= 15 is 0 Å². The van der Waals surface area contributed by atoms with Gasteiger partial charge >= 0.3 is 0 Å². The van der Waals surface area contributed by atoms with Gasteiger partial charge in [-0.05, 0) is 6.07 Å². The predicted molar refractivity (Wildman–Crippen MR) is 77.0 cm³/mol. The fourth-order valence-electron chi connectivity index (χ4n) is 2.15. The van der Waals surface area contributed by atoms with Crippen molar-refractivity contribution in [1.29, 1.82) is 0 Å². The lowest BCUT2D eigenvalue weighted by atomic mass is 10.1. The third kappa shape index (κ3) is 2.38. The van der Waals surface area contributed by atoms with Gasteiger partial charge in [0.2, 0.25) is 0 Å². The maximum Gasteiger partial charge on any atom is 0.272 e. The lowest BCUT2D eigenvalue weighted by Gasteiger charge is -2.13. The van der Waals surface area contributed by atoms with Crippen LogP contribution in [-0.2, 0) is 7.05 Å². The minimum absolute atomic E-state index is 0.0715. The van der Waals surface area contributed by atoms with Crippen LogP contribution >= 0.6 is 11.8 Å². The summed E-state index contributed by atoms with van der Waals surface area (Å²) < 4.78 is 1.67. The van der Waals surface area contributed by atoms with Crippen molar-refractivity contribution < 1.29 is 4.79 Å². The molecule has 1 aliphatic rings. The summed E-state index contributed by atoms with van der Waals surface area (Å²) in [6.07, 6.45) is 0. The Labute approximate surface area is 116 Å². The summed E-state index contributed by atoms with van der Waals surface area (Å²) in [4.78, 5) is 14.2. The predicted octanol–water partition coefficient (Wildman–Crippen LogP) is 2.23. The number of rotatable bonds is 2. The van der Waals surface area contributed by atoms with Crippen LogP contribution in [0.25, 0.3) is 11.3 Å². The van der Waals surface area contributed by atoms with E-state index in [1.54, 1.807) is 16.4 Å². The number of nitrogens with zero attached hydrogens (tertiary/aromatic N) is 3. The smallest absolute Gasteiger partial charge is 0.272 e. The second-order valence-corrected chi connectivity index (χ2v) is 5.59. The Hall–Kier alpha value is -1.75. The van der Waals surface area contributed by atoms with Crippen LogP contribution < -0.4 is 0 Å². The summed E-state index contributed by atoms with van der Waals surface area (Å²) in [6, 6.07) is 11.8. The molecule has 0 saturated carbocycles. The van der Waals surface area contributed by atoms with Crippen molar-refractivity contribution in [1.82, 2.24) is 14.7 Å². The summed E-state index contributed by atoms with van der Waals surface area (Å²) in [7, 11) is 1.82. The Bertz CT molecular complexity index is 588. The van der Waals surface area contributed by atoms with Crippen molar-refractivity contribution in [2.75, 3.05) is 18.2 Å². The molecule has 2 aromatic rings. The zero-order chi connectivity index (χ0) is 13.2. The van der Waals surface area contributed by atoms with E-state index in [4.69, 9.17) is 0 Å². The number of hydrogen-bond acceptors (Lipinski definition) is 3. The molecule has 0 spiro atoms. The van der Waals surface area contributed by atoms with Crippen molar-refractivity contribution >= 4 is 17.7 Å². The highest BCUT2D eigenvalue weighted by molar-refractivity contribution is 7.99. The molecule has 3 rings (SSSR count). The molecule has 98 valence electrons. The summed E-state index contributed by atoms with van der Waals surface area (Å²) in [5, 5.41) is 4.44. The molecular weight excluding hydrogens is 258 g/mol. The van der Waals surface area contributed by atoms with Gasteiger partial charge in [-0.2, -0.15) is 5.10 Å². The van der Waals surface area contributed by atoms with Gasteiger partial charge in [-0.3, -0.25) is 9.48 Å². The molecule has 1 aromatic carbocycles. The number of carbonyl (C=O) groups is 1. The van der Waals surface area contributed by atoms with Gasteiger partial charge in [0.25, 0.3) is 5.91 Å². The van der Waals surface area contributed by atoms with Gasteiger partial charge in [-0.15, -0.1) is 11.8 Å². The second kappa shape index (κ2) is 5.09. The van der Waals surface area contributed by atoms with Gasteiger partial charge in [-0.1, -0.05) is 30.3 Å². The van der Waals surface area contributed by atoms with Gasteiger partial charge < -0.3 is 4.90 Å². The topological polar surface area (TPSA) is 38.1 Å². The first kappa shape index (κ1) is 12.3. The number of aromatic nitrogens is 2. The monoisotopic (exact) mass is 273 g/mol. The van der Waals surface area contributed by atoms with Crippen LogP contribution in [0.4, 0.5) is 0 Å². The maximum absolute atomic E-state index is 12.4. The van der Waals surface area contributed by atoms with E-state index in [1.165, 1.54) is 0 Å². The quantitative estimate of drug-likeness (QED) is 0.842. The number of benzene rings is 1. The molecule has 0 atom stereocenters. The van der Waals surface area contributed by atoms with Crippen LogP contribution in [0.3, 0.4) is 0 Å². The number of hydrogen-bond donors (Lipinski definition) is 0. The number of thioether (sulfide) groups is 1. The average Bonchev–Trinajstić information content (AvgIpc) is 3.08.